The highest BCUT2D eigenvalue weighted by molar-refractivity contribution is 6.62. The molecule has 1 aliphatic heterocycles. The molecular weight excluding hydrogens is 475 g/mol. The Balaban J connectivity index is 1.25. The average molecular weight is 506 g/mol. The van der Waals surface area contributed by atoms with E-state index < -0.39 is 0 Å². The molecule has 2 nitrogen and oxygen atoms in total. The molecule has 39 heavy (non-hydrogen) atoms. The predicted octanol–water partition coefficient (Wildman–Crippen LogP) is 8.78. The second-order valence-electron chi connectivity index (χ2n) is 11.7. The van der Waals surface area contributed by atoms with Crippen molar-refractivity contribution in [2.75, 3.05) is 0 Å². The molecule has 6 aromatic rings. The molecule has 3 heteroatoms. The van der Waals surface area contributed by atoms with Crippen molar-refractivity contribution < 1.29 is 9.31 Å². The van der Waals surface area contributed by atoms with Crippen LogP contribution in [-0.4, -0.2) is 18.3 Å². The van der Waals surface area contributed by atoms with E-state index in [0.717, 1.165) is 5.46 Å². The van der Waals surface area contributed by atoms with Crippen molar-refractivity contribution in [3.8, 4) is 22.3 Å². The van der Waals surface area contributed by atoms with Crippen LogP contribution in [0, 0.1) is 0 Å². The van der Waals surface area contributed by atoms with Gasteiger partial charge in [0.05, 0.1) is 11.2 Å². The van der Waals surface area contributed by atoms with Crippen LogP contribution in [-0.2, 0) is 9.31 Å². The van der Waals surface area contributed by atoms with Crippen LogP contribution < -0.4 is 5.46 Å². The van der Waals surface area contributed by atoms with Gasteiger partial charge in [-0.1, -0.05) is 103 Å². The minimum Gasteiger partial charge on any atom is -0.399 e. The Morgan fingerprint density at radius 1 is 0.462 bits per heavy atom. The molecule has 7 rings (SSSR count). The van der Waals surface area contributed by atoms with E-state index in [0.29, 0.717) is 0 Å². The molecule has 0 unspecified atom stereocenters. The third-order valence-corrected chi connectivity index (χ3v) is 8.68. The summed E-state index contributed by atoms with van der Waals surface area (Å²) in [5.74, 6) is 0. The standard InChI is InChI=1S/C36H31BO2/c1-35(2)36(3,4)39-37(38-35)30-19-17-27-21-26(15-16-28(27)23-30)25-10-7-11-29(22-25)32-13-8-14-33-31-12-6-5-9-24(31)18-20-34(32)33/h5-23H,1-4H3. The number of hydrogen-bond acceptors (Lipinski definition) is 2. The zero-order chi connectivity index (χ0) is 26.8. The predicted molar refractivity (Wildman–Crippen MR) is 166 cm³/mol. The fourth-order valence-corrected chi connectivity index (χ4v) is 5.73. The summed E-state index contributed by atoms with van der Waals surface area (Å²) in [7, 11) is -0.353. The van der Waals surface area contributed by atoms with Gasteiger partial charge in [-0.25, -0.2) is 0 Å². The van der Waals surface area contributed by atoms with E-state index in [-0.39, 0.29) is 18.3 Å². The maximum Gasteiger partial charge on any atom is 0.494 e. The van der Waals surface area contributed by atoms with Gasteiger partial charge in [-0.15, -0.1) is 0 Å². The van der Waals surface area contributed by atoms with E-state index in [4.69, 9.17) is 9.31 Å². The number of rotatable bonds is 3. The van der Waals surface area contributed by atoms with Crippen LogP contribution in [0.4, 0.5) is 0 Å². The average Bonchev–Trinajstić information content (AvgIpc) is 3.18. The van der Waals surface area contributed by atoms with Crippen LogP contribution in [0.25, 0.3) is 54.6 Å². The lowest BCUT2D eigenvalue weighted by molar-refractivity contribution is 0.00578. The van der Waals surface area contributed by atoms with Gasteiger partial charge in [-0.05, 0) is 99.9 Å². The molecule has 0 atom stereocenters. The first-order chi connectivity index (χ1) is 18.8. The van der Waals surface area contributed by atoms with E-state index in [1.165, 1.54) is 54.6 Å². The van der Waals surface area contributed by atoms with E-state index in [1.807, 2.05) is 0 Å². The number of hydrogen-bond donors (Lipinski definition) is 0. The lowest BCUT2D eigenvalue weighted by Gasteiger charge is -2.32. The van der Waals surface area contributed by atoms with Crippen molar-refractivity contribution in [3.63, 3.8) is 0 Å². The van der Waals surface area contributed by atoms with Crippen molar-refractivity contribution in [2.45, 2.75) is 38.9 Å². The Labute approximate surface area is 230 Å². The summed E-state index contributed by atoms with van der Waals surface area (Å²) in [6.45, 7) is 8.37. The Bertz CT molecular complexity index is 1870. The zero-order valence-corrected chi connectivity index (χ0v) is 22.9. The first-order valence-corrected chi connectivity index (χ1v) is 13.7. The molecule has 0 aliphatic carbocycles. The maximum atomic E-state index is 6.28. The van der Waals surface area contributed by atoms with Gasteiger partial charge in [0.1, 0.15) is 0 Å². The summed E-state index contributed by atoms with van der Waals surface area (Å²) < 4.78 is 12.6. The second-order valence-corrected chi connectivity index (χ2v) is 11.7. The van der Waals surface area contributed by atoms with Crippen molar-refractivity contribution in [2.24, 2.45) is 0 Å². The van der Waals surface area contributed by atoms with Crippen molar-refractivity contribution in [3.05, 3.63) is 115 Å². The Hall–Kier alpha value is -3.92. The van der Waals surface area contributed by atoms with Crippen molar-refractivity contribution in [1.29, 1.82) is 0 Å². The van der Waals surface area contributed by atoms with Gasteiger partial charge in [0.15, 0.2) is 0 Å². The maximum absolute atomic E-state index is 6.28. The fraction of sp³-hybridized carbons (Fsp3) is 0.167. The summed E-state index contributed by atoms with van der Waals surface area (Å²) in [5.41, 5.74) is 5.26. The first kappa shape index (κ1) is 24.1. The monoisotopic (exact) mass is 506 g/mol. The largest absolute Gasteiger partial charge is 0.494 e. The second kappa shape index (κ2) is 8.81. The molecule has 1 heterocycles. The molecule has 190 valence electrons. The normalized spacial score (nSPS) is 16.4. The third kappa shape index (κ3) is 4.05. The molecule has 1 saturated heterocycles. The zero-order valence-electron chi connectivity index (χ0n) is 22.9. The Morgan fingerprint density at radius 3 is 1.95 bits per heavy atom. The van der Waals surface area contributed by atoms with Crippen LogP contribution in [0.2, 0.25) is 0 Å². The summed E-state index contributed by atoms with van der Waals surface area (Å²) in [5, 5.41) is 7.52. The SMILES string of the molecule is CC1(C)OB(c2ccc3cc(-c4cccc(-c5cccc6c5ccc5ccccc56)c4)ccc3c2)OC1(C)C. The van der Waals surface area contributed by atoms with Crippen molar-refractivity contribution in [1.82, 2.24) is 0 Å². The van der Waals surface area contributed by atoms with Crippen molar-refractivity contribution >= 4 is 44.9 Å². The van der Waals surface area contributed by atoms with Gasteiger partial charge >= 0.3 is 7.12 Å². The summed E-state index contributed by atoms with van der Waals surface area (Å²) in [4.78, 5) is 0. The molecule has 0 bridgehead atoms. The van der Waals surface area contributed by atoms with Crippen LogP contribution in [0.15, 0.2) is 115 Å². The van der Waals surface area contributed by atoms with Crippen LogP contribution in [0.3, 0.4) is 0 Å². The highest BCUT2D eigenvalue weighted by Gasteiger charge is 2.51. The van der Waals surface area contributed by atoms with Crippen LogP contribution >= 0.6 is 0 Å². The molecule has 0 amide bonds. The van der Waals surface area contributed by atoms with Gasteiger partial charge in [-0.3, -0.25) is 0 Å². The molecular formula is C36H31BO2. The van der Waals surface area contributed by atoms with Crippen LogP contribution in [0.1, 0.15) is 27.7 Å². The molecule has 1 aliphatic rings. The first-order valence-electron chi connectivity index (χ1n) is 13.7. The Morgan fingerprint density at radius 2 is 1.10 bits per heavy atom. The molecule has 1 fully saturated rings. The third-order valence-electron chi connectivity index (χ3n) is 8.68. The van der Waals surface area contributed by atoms with Gasteiger partial charge in [0.25, 0.3) is 0 Å². The molecule has 0 saturated carbocycles. The Kier molecular flexibility index (Phi) is 5.45. The summed E-state index contributed by atoms with van der Waals surface area (Å²) in [6, 6.07) is 41.8. The van der Waals surface area contributed by atoms with E-state index in [9.17, 15) is 0 Å². The highest BCUT2D eigenvalue weighted by Crippen LogP contribution is 2.37. The van der Waals surface area contributed by atoms with Gasteiger partial charge in [0, 0.05) is 0 Å². The molecule has 0 N–H and O–H groups in total. The lowest BCUT2D eigenvalue weighted by atomic mass is 9.78. The van der Waals surface area contributed by atoms with Crippen LogP contribution in [0.5, 0.6) is 0 Å². The molecule has 0 radical (unpaired) electrons. The quantitative estimate of drug-likeness (QED) is 0.176. The minimum absolute atomic E-state index is 0.349. The number of fused-ring (bicyclic) bond motifs is 4. The lowest BCUT2D eigenvalue weighted by Crippen LogP contribution is -2.41. The van der Waals surface area contributed by atoms with E-state index >= 15 is 0 Å². The van der Waals surface area contributed by atoms with Gasteiger partial charge < -0.3 is 9.31 Å². The summed E-state index contributed by atoms with van der Waals surface area (Å²) in [6.07, 6.45) is 0. The fourth-order valence-electron chi connectivity index (χ4n) is 5.73. The topological polar surface area (TPSA) is 18.5 Å². The molecule has 0 aromatic heterocycles. The van der Waals surface area contributed by atoms with Gasteiger partial charge in [0.2, 0.25) is 0 Å². The summed E-state index contributed by atoms with van der Waals surface area (Å²) >= 11 is 0. The highest BCUT2D eigenvalue weighted by atomic mass is 16.7. The molecule has 0 spiro atoms. The van der Waals surface area contributed by atoms with E-state index in [1.54, 1.807) is 0 Å². The smallest absolute Gasteiger partial charge is 0.399 e. The van der Waals surface area contributed by atoms with E-state index in [2.05, 4.69) is 143 Å². The van der Waals surface area contributed by atoms with Gasteiger partial charge in [-0.2, -0.15) is 0 Å². The number of benzene rings is 6. The minimum atomic E-state index is -0.353. The molecule has 6 aromatic carbocycles.